The van der Waals surface area contributed by atoms with Crippen LogP contribution in [0, 0.1) is 5.82 Å². The lowest BCUT2D eigenvalue weighted by molar-refractivity contribution is 0.626. The molecule has 1 aromatic heterocycles. The molecule has 1 aromatic carbocycles. The molecule has 0 saturated heterocycles. The monoisotopic (exact) mass is 235 g/mol. The lowest BCUT2D eigenvalue weighted by atomic mass is 10.3. The second kappa shape index (κ2) is 4.99. The van der Waals surface area contributed by atoms with Crippen molar-refractivity contribution in [3.8, 4) is 0 Å². The maximum Gasteiger partial charge on any atom is 0.123 e. The van der Waals surface area contributed by atoms with E-state index in [4.69, 9.17) is 0 Å². The standard InChI is InChI=1S/C12H10FNOS/c13-11-1-3-12(4-2-11)16(15)9-10-5-7-14-8-6-10/h1-8H,9H2. The van der Waals surface area contributed by atoms with Gasteiger partial charge < -0.3 is 0 Å². The average Bonchev–Trinajstić information content (AvgIpc) is 2.31. The van der Waals surface area contributed by atoms with Crippen molar-refractivity contribution in [1.29, 1.82) is 0 Å². The highest BCUT2D eigenvalue weighted by atomic mass is 32.2. The van der Waals surface area contributed by atoms with Crippen molar-refractivity contribution in [1.82, 2.24) is 4.98 Å². The molecule has 0 aliphatic rings. The van der Waals surface area contributed by atoms with Crippen LogP contribution < -0.4 is 0 Å². The second-order valence-corrected chi connectivity index (χ2v) is 4.75. The lowest BCUT2D eigenvalue weighted by Gasteiger charge is -2.02. The zero-order chi connectivity index (χ0) is 11.4. The molecule has 82 valence electrons. The van der Waals surface area contributed by atoms with Gasteiger partial charge in [-0.3, -0.25) is 9.19 Å². The summed E-state index contributed by atoms with van der Waals surface area (Å²) in [5, 5.41) is 0. The number of aromatic nitrogens is 1. The Hall–Kier alpha value is -1.55. The fourth-order valence-corrected chi connectivity index (χ4v) is 2.40. The predicted octanol–water partition coefficient (Wildman–Crippen LogP) is 2.53. The van der Waals surface area contributed by atoms with Gasteiger partial charge >= 0.3 is 0 Å². The van der Waals surface area contributed by atoms with E-state index in [1.807, 2.05) is 12.1 Å². The molecule has 1 atom stereocenters. The molecule has 0 aliphatic heterocycles. The molecule has 16 heavy (non-hydrogen) atoms. The third-order valence-electron chi connectivity index (χ3n) is 2.12. The molecule has 0 amide bonds. The Balaban J connectivity index is 2.12. The number of hydrogen-bond acceptors (Lipinski definition) is 2. The Kier molecular flexibility index (Phi) is 3.41. The topological polar surface area (TPSA) is 30.0 Å². The summed E-state index contributed by atoms with van der Waals surface area (Å²) in [7, 11) is -1.14. The first-order valence-electron chi connectivity index (χ1n) is 4.78. The molecular formula is C12H10FNOS. The first kappa shape index (κ1) is 11.0. The van der Waals surface area contributed by atoms with Crippen molar-refractivity contribution in [3.05, 3.63) is 60.2 Å². The van der Waals surface area contributed by atoms with Crippen LogP contribution in [0.25, 0.3) is 0 Å². The van der Waals surface area contributed by atoms with Crippen molar-refractivity contribution >= 4 is 10.8 Å². The summed E-state index contributed by atoms with van der Waals surface area (Å²) in [5.41, 5.74) is 0.956. The van der Waals surface area contributed by atoms with Crippen molar-refractivity contribution in [3.63, 3.8) is 0 Å². The first-order valence-corrected chi connectivity index (χ1v) is 6.10. The van der Waals surface area contributed by atoms with Gasteiger partial charge in [-0.05, 0) is 42.0 Å². The second-order valence-electron chi connectivity index (χ2n) is 3.30. The molecule has 0 fully saturated rings. The summed E-state index contributed by atoms with van der Waals surface area (Å²) in [6, 6.07) is 9.38. The van der Waals surface area contributed by atoms with Crippen LogP contribution >= 0.6 is 0 Å². The third-order valence-corrected chi connectivity index (χ3v) is 3.52. The van der Waals surface area contributed by atoms with Crippen molar-refractivity contribution in [2.75, 3.05) is 0 Å². The van der Waals surface area contributed by atoms with Gasteiger partial charge in [0.15, 0.2) is 0 Å². The minimum absolute atomic E-state index is 0.315. The zero-order valence-electron chi connectivity index (χ0n) is 8.47. The first-order chi connectivity index (χ1) is 7.75. The summed E-state index contributed by atoms with van der Waals surface area (Å²) < 4.78 is 24.6. The van der Waals surface area contributed by atoms with Crippen LogP contribution in [0.4, 0.5) is 4.39 Å². The van der Waals surface area contributed by atoms with Crippen LogP contribution in [0.1, 0.15) is 5.56 Å². The molecule has 0 radical (unpaired) electrons. The number of rotatable bonds is 3. The smallest absolute Gasteiger partial charge is 0.123 e. The van der Waals surface area contributed by atoms with Crippen LogP contribution in [0.15, 0.2) is 53.7 Å². The van der Waals surface area contributed by atoms with Gasteiger partial charge in [-0.15, -0.1) is 0 Å². The van der Waals surface area contributed by atoms with E-state index in [-0.39, 0.29) is 5.82 Å². The van der Waals surface area contributed by atoms with E-state index in [9.17, 15) is 8.60 Å². The maximum atomic E-state index is 12.7. The molecule has 2 rings (SSSR count). The fourth-order valence-electron chi connectivity index (χ4n) is 1.30. The molecular weight excluding hydrogens is 225 g/mol. The highest BCUT2D eigenvalue weighted by molar-refractivity contribution is 7.84. The molecule has 0 saturated carbocycles. The van der Waals surface area contributed by atoms with Crippen molar-refractivity contribution < 1.29 is 8.60 Å². The van der Waals surface area contributed by atoms with E-state index in [0.29, 0.717) is 10.6 Å². The van der Waals surface area contributed by atoms with Crippen LogP contribution in [-0.2, 0) is 16.6 Å². The number of nitrogens with zero attached hydrogens (tertiary/aromatic N) is 1. The van der Waals surface area contributed by atoms with Crippen LogP contribution in [0.5, 0.6) is 0 Å². The Labute approximate surface area is 95.6 Å². The molecule has 1 heterocycles. The zero-order valence-corrected chi connectivity index (χ0v) is 9.28. The SMILES string of the molecule is O=S(Cc1ccncc1)c1ccc(F)cc1. The number of pyridine rings is 1. The van der Waals surface area contributed by atoms with Gasteiger partial charge in [0.25, 0.3) is 0 Å². The lowest BCUT2D eigenvalue weighted by Crippen LogP contribution is -1.96. The van der Waals surface area contributed by atoms with Gasteiger partial charge in [0, 0.05) is 17.3 Å². The highest BCUT2D eigenvalue weighted by Crippen LogP contribution is 2.12. The van der Waals surface area contributed by atoms with Gasteiger partial charge in [-0.1, -0.05) is 0 Å². The number of benzene rings is 1. The molecule has 2 aromatic rings. The van der Waals surface area contributed by atoms with Gasteiger partial charge in [0.05, 0.1) is 16.6 Å². The van der Waals surface area contributed by atoms with Crippen LogP contribution in [-0.4, -0.2) is 9.19 Å². The Morgan fingerprint density at radius 1 is 1.06 bits per heavy atom. The maximum absolute atomic E-state index is 12.7. The van der Waals surface area contributed by atoms with E-state index in [2.05, 4.69) is 4.98 Å². The summed E-state index contributed by atoms with van der Waals surface area (Å²) in [6.45, 7) is 0. The Morgan fingerprint density at radius 2 is 1.69 bits per heavy atom. The van der Waals surface area contributed by atoms with Gasteiger partial charge in [-0.2, -0.15) is 0 Å². The fraction of sp³-hybridized carbons (Fsp3) is 0.0833. The molecule has 4 heteroatoms. The molecule has 0 spiro atoms. The summed E-state index contributed by atoms with van der Waals surface area (Å²) in [5.74, 6) is 0.110. The number of hydrogen-bond donors (Lipinski definition) is 0. The van der Waals surface area contributed by atoms with Crippen LogP contribution in [0.3, 0.4) is 0 Å². The predicted molar refractivity (Wildman–Crippen MR) is 60.7 cm³/mol. The quantitative estimate of drug-likeness (QED) is 0.818. The molecule has 0 N–H and O–H groups in total. The molecule has 0 aliphatic carbocycles. The summed E-state index contributed by atoms with van der Waals surface area (Å²) in [4.78, 5) is 4.53. The van der Waals surface area contributed by atoms with Crippen molar-refractivity contribution in [2.45, 2.75) is 10.6 Å². The summed E-state index contributed by atoms with van der Waals surface area (Å²) in [6.07, 6.45) is 3.33. The van der Waals surface area contributed by atoms with Gasteiger partial charge in [-0.25, -0.2) is 4.39 Å². The molecule has 0 bridgehead atoms. The van der Waals surface area contributed by atoms with E-state index >= 15 is 0 Å². The van der Waals surface area contributed by atoms with Gasteiger partial charge in [0.2, 0.25) is 0 Å². The number of halogens is 1. The minimum atomic E-state index is -1.14. The minimum Gasteiger partial charge on any atom is -0.265 e. The van der Waals surface area contributed by atoms with Gasteiger partial charge in [0.1, 0.15) is 5.82 Å². The third kappa shape index (κ3) is 2.73. The molecule has 1 unspecified atom stereocenters. The molecule has 2 nitrogen and oxygen atoms in total. The average molecular weight is 235 g/mol. The van der Waals surface area contributed by atoms with Crippen LogP contribution in [0.2, 0.25) is 0 Å². The van der Waals surface area contributed by atoms with E-state index in [0.717, 1.165) is 5.56 Å². The van der Waals surface area contributed by atoms with E-state index in [1.54, 1.807) is 24.5 Å². The Bertz CT molecular complexity index is 484. The Morgan fingerprint density at radius 3 is 2.31 bits per heavy atom. The normalized spacial score (nSPS) is 12.3. The highest BCUT2D eigenvalue weighted by Gasteiger charge is 2.04. The van der Waals surface area contributed by atoms with Crippen molar-refractivity contribution in [2.24, 2.45) is 0 Å². The largest absolute Gasteiger partial charge is 0.265 e. The van der Waals surface area contributed by atoms with E-state index < -0.39 is 10.8 Å². The van der Waals surface area contributed by atoms with E-state index in [1.165, 1.54) is 12.1 Å². The summed E-state index contributed by atoms with van der Waals surface area (Å²) >= 11 is 0.